The lowest BCUT2D eigenvalue weighted by molar-refractivity contribution is -0.270. The van der Waals surface area contributed by atoms with Crippen LogP contribution in [0.2, 0.25) is 5.02 Å². The summed E-state index contributed by atoms with van der Waals surface area (Å²) in [5, 5.41) is 13.3. The minimum absolute atomic E-state index is 0.185. The van der Waals surface area contributed by atoms with Gasteiger partial charge in [-0.1, -0.05) is 18.5 Å². The molecule has 1 aromatic carbocycles. The van der Waals surface area contributed by atoms with Crippen molar-refractivity contribution in [2.45, 2.75) is 18.2 Å². The predicted octanol–water partition coefficient (Wildman–Crippen LogP) is 2.27. The Morgan fingerprint density at radius 2 is 2.17 bits per heavy atom. The molecule has 0 fully saturated rings. The van der Waals surface area contributed by atoms with Crippen molar-refractivity contribution in [1.82, 2.24) is 4.98 Å². The van der Waals surface area contributed by atoms with E-state index in [9.17, 15) is 9.90 Å². The van der Waals surface area contributed by atoms with Crippen LogP contribution in [0.1, 0.15) is 13.3 Å². The number of nitrogens with one attached hydrogen (secondary N) is 1. The van der Waals surface area contributed by atoms with Crippen molar-refractivity contribution in [1.29, 1.82) is 0 Å². The molecule has 3 nitrogen and oxygen atoms in total. The van der Waals surface area contributed by atoms with Gasteiger partial charge in [0.05, 0.1) is 0 Å². The van der Waals surface area contributed by atoms with Gasteiger partial charge in [-0.2, -0.15) is 0 Å². The zero-order valence-corrected chi connectivity index (χ0v) is 11.8. The van der Waals surface area contributed by atoms with E-state index in [1.807, 2.05) is 13.2 Å². The Labute approximate surface area is 113 Å². The van der Waals surface area contributed by atoms with Gasteiger partial charge in [-0.3, -0.25) is 4.79 Å². The molecule has 1 N–H and O–H groups in total. The van der Waals surface area contributed by atoms with Gasteiger partial charge in [-0.15, -0.1) is 0 Å². The maximum atomic E-state index is 12.3. The molecule has 0 spiro atoms. The number of aromatic nitrogens is 1. The molecule has 0 saturated carbocycles. The van der Waals surface area contributed by atoms with E-state index in [2.05, 4.69) is 4.98 Å². The Morgan fingerprint density at radius 3 is 2.83 bits per heavy atom. The second-order valence-electron chi connectivity index (χ2n) is 4.14. The van der Waals surface area contributed by atoms with Gasteiger partial charge in [0.15, 0.2) is 0 Å². The highest BCUT2D eigenvalue weighted by atomic mass is 35.5. The van der Waals surface area contributed by atoms with Crippen molar-refractivity contribution in [2.75, 3.05) is 12.0 Å². The van der Waals surface area contributed by atoms with E-state index in [1.54, 1.807) is 18.2 Å². The third-order valence-corrected chi connectivity index (χ3v) is 5.07. The maximum absolute atomic E-state index is 12.3. The monoisotopic (exact) mass is 283 g/mol. The number of H-pyrrole nitrogens is 1. The smallest absolute Gasteiger partial charge is 0.303 e. The lowest BCUT2D eigenvalue weighted by atomic mass is 10.2. The Hall–Kier alpha value is -1.13. The molecule has 5 heteroatoms. The standard InChI is InChI=1S/C13H14ClNO2S/c1-3-6-18(2)12-11(16)9-7-8(14)4-5-10(9)15-13(12)17/h4-5,7H,3,6H2,1-2H3,(H-,15,16,17). The number of halogens is 1. The molecular weight excluding hydrogens is 270 g/mol. The molecule has 0 aliphatic heterocycles. The van der Waals surface area contributed by atoms with E-state index in [0.29, 0.717) is 20.8 Å². The Balaban J connectivity index is 2.71. The zero-order chi connectivity index (χ0) is 13.3. The SMILES string of the molecule is CCC[S+](C)c1c([O-])c2cc(Cl)ccc2[nH]c1=O. The van der Waals surface area contributed by atoms with Gasteiger partial charge in [-0.05, 0) is 35.8 Å². The van der Waals surface area contributed by atoms with Crippen molar-refractivity contribution >= 4 is 33.4 Å². The average Bonchev–Trinajstić information content (AvgIpc) is 2.31. The first-order valence-corrected chi connectivity index (χ1v) is 7.87. The van der Waals surface area contributed by atoms with Crippen LogP contribution < -0.4 is 10.7 Å². The first-order valence-electron chi connectivity index (χ1n) is 5.69. The van der Waals surface area contributed by atoms with Gasteiger partial charge in [0.25, 0.3) is 0 Å². The molecule has 0 amide bonds. The summed E-state index contributed by atoms with van der Waals surface area (Å²) in [4.78, 5) is 15.1. The molecule has 1 heterocycles. The first-order chi connectivity index (χ1) is 8.54. The predicted molar refractivity (Wildman–Crippen MR) is 75.7 cm³/mol. The normalized spacial score (nSPS) is 12.8. The third kappa shape index (κ3) is 2.35. The molecule has 1 atom stereocenters. The summed E-state index contributed by atoms with van der Waals surface area (Å²) in [7, 11) is -0.319. The number of aromatic amines is 1. The van der Waals surface area contributed by atoms with E-state index in [0.717, 1.165) is 12.2 Å². The quantitative estimate of drug-likeness (QED) is 0.879. The number of pyridine rings is 1. The Bertz CT molecular complexity index is 639. The molecule has 0 aliphatic carbocycles. The van der Waals surface area contributed by atoms with E-state index in [1.165, 1.54) is 0 Å². The molecule has 2 aromatic rings. The molecule has 1 unspecified atom stereocenters. The number of fused-ring (bicyclic) bond motifs is 1. The fourth-order valence-electron chi connectivity index (χ4n) is 1.94. The number of rotatable bonds is 3. The molecule has 18 heavy (non-hydrogen) atoms. The van der Waals surface area contributed by atoms with Crippen molar-refractivity contribution in [2.24, 2.45) is 0 Å². The van der Waals surface area contributed by atoms with Crippen LogP contribution in [0.3, 0.4) is 0 Å². The van der Waals surface area contributed by atoms with E-state index in [-0.39, 0.29) is 22.2 Å². The van der Waals surface area contributed by atoms with Crippen molar-refractivity contribution < 1.29 is 5.11 Å². The van der Waals surface area contributed by atoms with Crippen molar-refractivity contribution in [3.63, 3.8) is 0 Å². The Kier molecular flexibility index (Phi) is 3.88. The van der Waals surface area contributed by atoms with Gasteiger partial charge in [0, 0.05) is 21.4 Å². The van der Waals surface area contributed by atoms with Crippen LogP contribution in [0.15, 0.2) is 27.9 Å². The highest BCUT2D eigenvalue weighted by Gasteiger charge is 2.21. The lowest BCUT2D eigenvalue weighted by Crippen LogP contribution is -2.22. The summed E-state index contributed by atoms with van der Waals surface area (Å²) in [5.41, 5.74) is 0.278. The number of benzene rings is 1. The minimum Gasteiger partial charge on any atom is -0.868 e. The van der Waals surface area contributed by atoms with Crippen molar-refractivity contribution in [3.8, 4) is 5.75 Å². The van der Waals surface area contributed by atoms with E-state index < -0.39 is 0 Å². The number of hydrogen-bond donors (Lipinski definition) is 1. The van der Waals surface area contributed by atoms with Gasteiger partial charge in [0.1, 0.15) is 12.0 Å². The summed E-state index contributed by atoms with van der Waals surface area (Å²) < 4.78 is 0. The van der Waals surface area contributed by atoms with Gasteiger partial charge >= 0.3 is 5.56 Å². The topological polar surface area (TPSA) is 55.9 Å². The largest absolute Gasteiger partial charge is 0.868 e. The average molecular weight is 284 g/mol. The van der Waals surface area contributed by atoms with Crippen LogP contribution >= 0.6 is 11.6 Å². The first kappa shape index (κ1) is 13.3. The second-order valence-corrected chi connectivity index (χ2v) is 6.67. The molecule has 0 saturated heterocycles. The van der Waals surface area contributed by atoms with Crippen LogP contribution in [-0.2, 0) is 10.9 Å². The fraction of sp³-hybridized carbons (Fsp3) is 0.308. The summed E-state index contributed by atoms with van der Waals surface area (Å²) in [6, 6.07) is 4.94. The zero-order valence-electron chi connectivity index (χ0n) is 10.2. The van der Waals surface area contributed by atoms with Crippen LogP contribution in [0, 0.1) is 0 Å². The summed E-state index contributed by atoms with van der Waals surface area (Å²) >= 11 is 5.89. The van der Waals surface area contributed by atoms with E-state index >= 15 is 0 Å². The Morgan fingerprint density at radius 1 is 1.44 bits per heavy atom. The fourth-order valence-corrected chi connectivity index (χ4v) is 3.73. The summed E-state index contributed by atoms with van der Waals surface area (Å²) in [5.74, 6) is 0.667. The molecule has 96 valence electrons. The molecule has 0 bridgehead atoms. The van der Waals surface area contributed by atoms with Gasteiger partial charge < -0.3 is 10.1 Å². The van der Waals surface area contributed by atoms with Crippen LogP contribution in [0.25, 0.3) is 10.9 Å². The lowest BCUT2D eigenvalue weighted by Gasteiger charge is -2.14. The molecule has 1 aromatic heterocycles. The number of hydrogen-bond acceptors (Lipinski definition) is 2. The maximum Gasteiger partial charge on any atom is 0.303 e. The molecule has 0 aliphatic rings. The van der Waals surface area contributed by atoms with Crippen molar-refractivity contribution in [3.05, 3.63) is 33.6 Å². The highest BCUT2D eigenvalue weighted by molar-refractivity contribution is 7.96. The van der Waals surface area contributed by atoms with Crippen LogP contribution in [-0.4, -0.2) is 17.0 Å². The third-order valence-electron chi connectivity index (χ3n) is 2.75. The summed E-state index contributed by atoms with van der Waals surface area (Å²) in [6.45, 7) is 2.04. The summed E-state index contributed by atoms with van der Waals surface area (Å²) in [6.07, 6.45) is 2.89. The van der Waals surface area contributed by atoms with E-state index in [4.69, 9.17) is 11.6 Å². The van der Waals surface area contributed by atoms with Crippen LogP contribution in [0.5, 0.6) is 5.75 Å². The second kappa shape index (κ2) is 5.24. The van der Waals surface area contributed by atoms with Gasteiger partial charge in [0.2, 0.25) is 4.90 Å². The molecule has 2 rings (SSSR count). The highest BCUT2D eigenvalue weighted by Crippen LogP contribution is 2.28. The molecular formula is C13H14ClNO2S. The van der Waals surface area contributed by atoms with Crippen LogP contribution in [0.4, 0.5) is 0 Å². The minimum atomic E-state index is -0.319. The molecule has 0 radical (unpaired) electrons. The van der Waals surface area contributed by atoms with Gasteiger partial charge in [-0.25, -0.2) is 0 Å².